The van der Waals surface area contributed by atoms with Crippen molar-refractivity contribution in [2.45, 2.75) is 62.7 Å². The molecule has 0 radical (unpaired) electrons. The molecule has 4 unspecified atom stereocenters. The van der Waals surface area contributed by atoms with Crippen molar-refractivity contribution in [1.29, 1.82) is 0 Å². The number of rotatable bonds is 13. The molecule has 0 aromatic carbocycles. The molecule has 0 aromatic heterocycles. The smallest absolute Gasteiger partial charge is 0.327 e. The van der Waals surface area contributed by atoms with Gasteiger partial charge >= 0.3 is 11.9 Å². The fourth-order valence-corrected chi connectivity index (χ4v) is 3.51. The number of amides is 3. The molecular weight excluding hydrogens is 430 g/mol. The maximum absolute atomic E-state index is 12.8. The molecule has 1 aliphatic rings. The Balaban J connectivity index is 2.84. The fraction of sp³-hybridized carbons (Fsp3) is 0.722. The van der Waals surface area contributed by atoms with Gasteiger partial charge in [-0.1, -0.05) is 6.42 Å². The fourth-order valence-electron chi connectivity index (χ4n) is 3.26. The number of hydrogen-bond acceptors (Lipinski definition) is 8. The summed E-state index contributed by atoms with van der Waals surface area (Å²) in [6.07, 6.45) is 1.95. The SMILES string of the molecule is NCCCCC(N)C(=O)N1CCCC1C(=O)NC(CC(=O)O)C(=O)NC(CS)C(=O)O. The first-order chi connectivity index (χ1) is 14.6. The Kier molecular flexibility index (Phi) is 11.3. The Bertz CT molecular complexity index is 678. The van der Waals surface area contributed by atoms with E-state index in [4.69, 9.17) is 21.7 Å². The second-order valence-corrected chi connectivity index (χ2v) is 7.69. The molecule has 3 amide bonds. The van der Waals surface area contributed by atoms with Crippen LogP contribution in [0.3, 0.4) is 0 Å². The minimum atomic E-state index is -1.51. The zero-order chi connectivity index (χ0) is 23.6. The second kappa shape index (κ2) is 13.1. The minimum absolute atomic E-state index is 0.220. The van der Waals surface area contributed by atoms with Crippen LogP contribution in [-0.4, -0.2) is 87.8 Å². The molecule has 31 heavy (non-hydrogen) atoms. The van der Waals surface area contributed by atoms with Crippen LogP contribution in [0.5, 0.6) is 0 Å². The Labute approximate surface area is 185 Å². The van der Waals surface area contributed by atoms with Gasteiger partial charge in [0.2, 0.25) is 17.7 Å². The molecule has 4 atom stereocenters. The first-order valence-electron chi connectivity index (χ1n) is 10.0. The molecule has 1 saturated heterocycles. The van der Waals surface area contributed by atoms with E-state index in [1.807, 2.05) is 0 Å². The highest BCUT2D eigenvalue weighted by molar-refractivity contribution is 7.80. The minimum Gasteiger partial charge on any atom is -0.481 e. The number of thiol groups is 1. The number of hydrogen-bond donors (Lipinski definition) is 7. The summed E-state index contributed by atoms with van der Waals surface area (Å²) in [5, 5.41) is 22.6. The summed E-state index contributed by atoms with van der Waals surface area (Å²) in [5.74, 6) is -4.98. The molecule has 1 rings (SSSR count). The third-order valence-electron chi connectivity index (χ3n) is 4.93. The largest absolute Gasteiger partial charge is 0.481 e. The van der Waals surface area contributed by atoms with Gasteiger partial charge in [0.05, 0.1) is 12.5 Å². The molecule has 13 heteroatoms. The highest BCUT2D eigenvalue weighted by Crippen LogP contribution is 2.19. The number of carbonyl (C=O) groups is 5. The van der Waals surface area contributed by atoms with Crippen molar-refractivity contribution in [3.05, 3.63) is 0 Å². The van der Waals surface area contributed by atoms with E-state index < -0.39 is 60.2 Å². The molecule has 1 aliphatic heterocycles. The summed E-state index contributed by atoms with van der Waals surface area (Å²) >= 11 is 3.83. The van der Waals surface area contributed by atoms with Gasteiger partial charge in [-0.25, -0.2) is 4.79 Å². The number of carbonyl (C=O) groups excluding carboxylic acids is 3. The van der Waals surface area contributed by atoms with Gasteiger partial charge in [-0.15, -0.1) is 0 Å². The lowest BCUT2D eigenvalue weighted by Crippen LogP contribution is -2.57. The van der Waals surface area contributed by atoms with E-state index >= 15 is 0 Å². The van der Waals surface area contributed by atoms with Crippen LogP contribution < -0.4 is 22.1 Å². The summed E-state index contributed by atoms with van der Waals surface area (Å²) in [4.78, 5) is 61.4. The van der Waals surface area contributed by atoms with Crippen LogP contribution in [0.1, 0.15) is 38.5 Å². The summed E-state index contributed by atoms with van der Waals surface area (Å²) < 4.78 is 0. The van der Waals surface area contributed by atoms with Gasteiger partial charge in [-0.2, -0.15) is 12.6 Å². The van der Waals surface area contributed by atoms with Crippen molar-refractivity contribution in [3.8, 4) is 0 Å². The van der Waals surface area contributed by atoms with Crippen LogP contribution in [0.15, 0.2) is 0 Å². The number of aliphatic carboxylic acids is 2. The predicted octanol–water partition coefficient (Wildman–Crippen LogP) is -2.11. The van der Waals surface area contributed by atoms with E-state index in [1.54, 1.807) is 0 Å². The van der Waals surface area contributed by atoms with Gasteiger partial charge in [0.25, 0.3) is 0 Å². The topological polar surface area (TPSA) is 205 Å². The summed E-state index contributed by atoms with van der Waals surface area (Å²) in [7, 11) is 0. The predicted molar refractivity (Wildman–Crippen MR) is 113 cm³/mol. The molecule has 12 nitrogen and oxygen atoms in total. The standard InChI is InChI=1S/C18H31N5O7S/c19-6-2-1-4-10(20)17(28)23-7-3-5-13(23)16(27)21-11(8-14(24)25)15(26)22-12(9-31)18(29)30/h10-13,31H,1-9,19-20H2,(H,21,27)(H,22,26)(H,24,25)(H,29,30). The van der Waals surface area contributed by atoms with Gasteiger partial charge in [0.15, 0.2) is 0 Å². The van der Waals surface area contributed by atoms with Crippen molar-refractivity contribution >= 4 is 42.3 Å². The van der Waals surface area contributed by atoms with Crippen molar-refractivity contribution in [2.24, 2.45) is 11.5 Å². The zero-order valence-electron chi connectivity index (χ0n) is 17.2. The van der Waals surface area contributed by atoms with E-state index in [0.717, 1.165) is 6.42 Å². The quantitative estimate of drug-likeness (QED) is 0.118. The normalized spacial score (nSPS) is 18.7. The van der Waals surface area contributed by atoms with E-state index in [2.05, 4.69) is 23.3 Å². The number of carboxylic acids is 2. The Morgan fingerprint density at radius 3 is 2.32 bits per heavy atom. The van der Waals surface area contributed by atoms with Gasteiger partial charge in [-0.05, 0) is 32.2 Å². The summed E-state index contributed by atoms with van der Waals surface area (Å²) in [5.41, 5.74) is 11.4. The Hall–Kier alpha value is -2.38. The van der Waals surface area contributed by atoms with Crippen LogP contribution in [0, 0.1) is 0 Å². The first-order valence-corrected chi connectivity index (χ1v) is 10.7. The maximum atomic E-state index is 12.8. The highest BCUT2D eigenvalue weighted by atomic mass is 32.1. The number of likely N-dealkylation sites (tertiary alicyclic amines) is 1. The Morgan fingerprint density at radius 1 is 1.10 bits per heavy atom. The second-order valence-electron chi connectivity index (χ2n) is 7.32. The molecular formula is C18H31N5O7S. The molecule has 1 fully saturated rings. The van der Waals surface area contributed by atoms with Gasteiger partial charge in [-0.3, -0.25) is 19.2 Å². The molecule has 0 aromatic rings. The molecule has 0 saturated carbocycles. The van der Waals surface area contributed by atoms with Crippen LogP contribution in [0.4, 0.5) is 0 Å². The van der Waals surface area contributed by atoms with Crippen LogP contribution >= 0.6 is 12.6 Å². The van der Waals surface area contributed by atoms with Crippen molar-refractivity contribution < 1.29 is 34.2 Å². The van der Waals surface area contributed by atoms with Gasteiger partial charge in [0.1, 0.15) is 18.1 Å². The lowest BCUT2D eigenvalue weighted by molar-refractivity contribution is -0.144. The van der Waals surface area contributed by atoms with E-state index in [0.29, 0.717) is 38.8 Å². The molecule has 1 heterocycles. The molecule has 0 aliphatic carbocycles. The van der Waals surface area contributed by atoms with Crippen LogP contribution in [0.25, 0.3) is 0 Å². The van der Waals surface area contributed by atoms with E-state index in [-0.39, 0.29) is 5.75 Å². The average Bonchev–Trinajstić information content (AvgIpc) is 3.20. The first kappa shape index (κ1) is 26.7. The van der Waals surface area contributed by atoms with Crippen molar-refractivity contribution in [2.75, 3.05) is 18.8 Å². The highest BCUT2D eigenvalue weighted by Gasteiger charge is 2.38. The van der Waals surface area contributed by atoms with E-state index in [9.17, 15) is 24.0 Å². The number of nitrogens with two attached hydrogens (primary N) is 2. The lowest BCUT2D eigenvalue weighted by atomic mass is 10.1. The van der Waals surface area contributed by atoms with Gasteiger partial charge in [0, 0.05) is 12.3 Å². The van der Waals surface area contributed by atoms with Gasteiger partial charge < -0.3 is 37.2 Å². The molecule has 8 N–H and O–H groups in total. The number of carboxylic acid groups (broad SMARTS) is 2. The van der Waals surface area contributed by atoms with Crippen LogP contribution in [-0.2, 0) is 24.0 Å². The molecule has 176 valence electrons. The average molecular weight is 462 g/mol. The van der Waals surface area contributed by atoms with Crippen molar-refractivity contribution in [3.63, 3.8) is 0 Å². The Morgan fingerprint density at radius 2 is 1.77 bits per heavy atom. The summed E-state index contributed by atoms with van der Waals surface area (Å²) in [6, 6.07) is -4.54. The zero-order valence-corrected chi connectivity index (χ0v) is 18.1. The van der Waals surface area contributed by atoms with E-state index in [1.165, 1.54) is 4.90 Å². The third kappa shape index (κ3) is 8.34. The maximum Gasteiger partial charge on any atom is 0.327 e. The monoisotopic (exact) mass is 461 g/mol. The number of nitrogens with one attached hydrogen (secondary N) is 2. The number of unbranched alkanes of at least 4 members (excludes halogenated alkanes) is 1. The van der Waals surface area contributed by atoms with Crippen LogP contribution in [0.2, 0.25) is 0 Å². The lowest BCUT2D eigenvalue weighted by Gasteiger charge is -2.28. The molecule has 0 bridgehead atoms. The summed E-state index contributed by atoms with van der Waals surface area (Å²) in [6.45, 7) is 0.802. The number of nitrogens with zero attached hydrogens (tertiary/aromatic N) is 1. The third-order valence-corrected chi connectivity index (χ3v) is 5.30. The molecule has 0 spiro atoms. The van der Waals surface area contributed by atoms with Crippen molar-refractivity contribution in [1.82, 2.24) is 15.5 Å².